The van der Waals surface area contributed by atoms with Gasteiger partial charge in [0.1, 0.15) is 0 Å². The first-order chi connectivity index (χ1) is 11.8. The van der Waals surface area contributed by atoms with Crippen molar-refractivity contribution in [3.8, 4) is 0 Å². The van der Waals surface area contributed by atoms with Crippen LogP contribution in [-0.2, 0) is 27.8 Å². The normalized spacial score (nSPS) is 19.2. The molecule has 1 aromatic carbocycles. The van der Waals surface area contributed by atoms with E-state index in [9.17, 15) is 13.2 Å². The van der Waals surface area contributed by atoms with E-state index in [1.165, 1.54) is 22.7 Å². The van der Waals surface area contributed by atoms with Gasteiger partial charge in [-0.05, 0) is 36.8 Å². The second-order valence-corrected chi connectivity index (χ2v) is 8.78. The molecule has 0 aromatic heterocycles. The summed E-state index contributed by atoms with van der Waals surface area (Å²) in [6.45, 7) is 4.84. The number of hydrogen-bond acceptors (Lipinski definition) is 3. The van der Waals surface area contributed by atoms with Gasteiger partial charge < -0.3 is 5.32 Å². The first-order valence-electron chi connectivity index (χ1n) is 8.90. The van der Waals surface area contributed by atoms with Crippen molar-refractivity contribution < 1.29 is 13.2 Å². The van der Waals surface area contributed by atoms with Gasteiger partial charge in [0.15, 0.2) is 0 Å². The van der Waals surface area contributed by atoms with Gasteiger partial charge in [0, 0.05) is 32.9 Å². The maximum absolute atomic E-state index is 12.8. The molecule has 1 aliphatic heterocycles. The number of para-hydroxylation sites is 1. The minimum absolute atomic E-state index is 0.0887. The molecule has 1 aliphatic rings. The number of carbonyl (C=O) groups excluding carboxylic acids is 1. The Hall–Kier alpha value is -1.44. The molecule has 0 saturated carbocycles. The number of rotatable bonds is 6. The Balaban J connectivity index is 2.17. The van der Waals surface area contributed by atoms with E-state index in [2.05, 4.69) is 19.2 Å². The summed E-state index contributed by atoms with van der Waals surface area (Å²) in [5, 5.41) is 3.08. The zero-order valence-electron chi connectivity index (χ0n) is 15.6. The van der Waals surface area contributed by atoms with Crippen molar-refractivity contribution in [1.82, 2.24) is 8.61 Å². The number of anilines is 1. The molecular weight excluding hydrogens is 338 g/mol. The second-order valence-electron chi connectivity index (χ2n) is 6.63. The largest absolute Gasteiger partial charge is 0.325 e. The van der Waals surface area contributed by atoms with Crippen LogP contribution in [0, 0.1) is 5.92 Å². The molecule has 2 rings (SSSR count). The summed E-state index contributed by atoms with van der Waals surface area (Å²) < 4.78 is 27.3. The zero-order chi connectivity index (χ0) is 18.6. The number of nitrogens with one attached hydrogen (secondary N) is 1. The highest BCUT2D eigenvalue weighted by Gasteiger charge is 2.33. The van der Waals surface area contributed by atoms with Crippen LogP contribution in [0.4, 0.5) is 5.69 Å². The Morgan fingerprint density at radius 2 is 1.84 bits per heavy atom. The topological polar surface area (TPSA) is 69.7 Å². The lowest BCUT2D eigenvalue weighted by Crippen LogP contribution is -2.47. The van der Waals surface area contributed by atoms with Gasteiger partial charge in [0.25, 0.3) is 10.2 Å². The summed E-state index contributed by atoms with van der Waals surface area (Å²) in [6, 6.07) is 6.07. The summed E-state index contributed by atoms with van der Waals surface area (Å²) in [5.74, 6) is -0.410. The van der Waals surface area contributed by atoms with E-state index in [0.29, 0.717) is 19.4 Å². The molecule has 1 N–H and O–H groups in total. The molecule has 7 heteroatoms. The van der Waals surface area contributed by atoms with Crippen LogP contribution in [0.3, 0.4) is 0 Å². The summed E-state index contributed by atoms with van der Waals surface area (Å²) in [7, 11) is -0.442. The third kappa shape index (κ3) is 4.40. The SMILES string of the molecule is CCc1cccc(CC)c1NC(=O)[C@@H]1CCCN(S(=O)(=O)N(C)C)C1. The Bertz CT molecular complexity index is 694. The summed E-state index contributed by atoms with van der Waals surface area (Å²) >= 11 is 0. The fraction of sp³-hybridized carbons (Fsp3) is 0.611. The van der Waals surface area contributed by atoms with Gasteiger partial charge in [-0.25, -0.2) is 0 Å². The van der Waals surface area contributed by atoms with Crippen molar-refractivity contribution in [3.05, 3.63) is 29.3 Å². The van der Waals surface area contributed by atoms with Crippen LogP contribution in [0.25, 0.3) is 0 Å². The summed E-state index contributed by atoms with van der Waals surface area (Å²) in [5.41, 5.74) is 3.12. The monoisotopic (exact) mass is 367 g/mol. The average Bonchev–Trinajstić information content (AvgIpc) is 2.61. The van der Waals surface area contributed by atoms with E-state index >= 15 is 0 Å². The molecule has 0 bridgehead atoms. The van der Waals surface area contributed by atoms with Crippen molar-refractivity contribution in [1.29, 1.82) is 0 Å². The lowest BCUT2D eigenvalue weighted by molar-refractivity contribution is -0.120. The van der Waals surface area contributed by atoms with Gasteiger partial charge in [-0.1, -0.05) is 32.0 Å². The molecule has 0 radical (unpaired) electrons. The number of hydrogen-bond donors (Lipinski definition) is 1. The van der Waals surface area contributed by atoms with Crippen LogP contribution in [0.5, 0.6) is 0 Å². The summed E-state index contributed by atoms with van der Waals surface area (Å²) in [4.78, 5) is 12.8. The standard InChI is InChI=1S/C18H29N3O3S/c1-5-14-9-7-10-15(6-2)17(14)19-18(22)16-11-8-12-21(13-16)25(23,24)20(3)4/h7,9-10,16H,5-6,8,11-13H2,1-4H3,(H,19,22)/t16-/m1/s1. The number of nitrogens with zero attached hydrogens (tertiary/aromatic N) is 2. The Labute approximate surface area is 151 Å². The molecule has 0 spiro atoms. The van der Waals surface area contributed by atoms with Gasteiger partial charge in [0.2, 0.25) is 5.91 Å². The number of aryl methyl sites for hydroxylation is 2. The van der Waals surface area contributed by atoms with E-state index < -0.39 is 10.2 Å². The van der Waals surface area contributed by atoms with E-state index in [-0.39, 0.29) is 18.4 Å². The molecule has 0 unspecified atom stereocenters. The van der Waals surface area contributed by atoms with E-state index in [1.807, 2.05) is 18.2 Å². The molecular formula is C18H29N3O3S. The molecule has 1 fully saturated rings. The first-order valence-corrected chi connectivity index (χ1v) is 10.3. The minimum Gasteiger partial charge on any atom is -0.325 e. The predicted octanol–water partition coefficient (Wildman–Crippen LogP) is 2.27. The van der Waals surface area contributed by atoms with Gasteiger partial charge in [-0.15, -0.1) is 0 Å². The highest BCUT2D eigenvalue weighted by atomic mass is 32.2. The Morgan fingerprint density at radius 3 is 2.36 bits per heavy atom. The smallest absolute Gasteiger partial charge is 0.281 e. The highest BCUT2D eigenvalue weighted by Crippen LogP contribution is 2.26. The van der Waals surface area contributed by atoms with E-state index in [0.717, 1.165) is 29.7 Å². The molecule has 1 amide bonds. The number of carbonyl (C=O) groups is 1. The molecule has 1 saturated heterocycles. The fourth-order valence-electron chi connectivity index (χ4n) is 3.23. The number of benzene rings is 1. The highest BCUT2D eigenvalue weighted by molar-refractivity contribution is 7.86. The first kappa shape index (κ1) is 19.9. The molecule has 140 valence electrons. The van der Waals surface area contributed by atoms with Crippen LogP contribution >= 0.6 is 0 Å². The predicted molar refractivity (Wildman–Crippen MR) is 101 cm³/mol. The van der Waals surface area contributed by atoms with Crippen molar-refractivity contribution in [2.45, 2.75) is 39.5 Å². The second kappa shape index (κ2) is 8.29. The van der Waals surface area contributed by atoms with Crippen molar-refractivity contribution in [3.63, 3.8) is 0 Å². The molecule has 1 heterocycles. The van der Waals surface area contributed by atoms with Gasteiger partial charge in [-0.3, -0.25) is 4.79 Å². The molecule has 6 nitrogen and oxygen atoms in total. The molecule has 0 aliphatic carbocycles. The van der Waals surface area contributed by atoms with Gasteiger partial charge in [0.05, 0.1) is 5.92 Å². The number of amides is 1. The minimum atomic E-state index is -3.48. The van der Waals surface area contributed by atoms with Crippen LogP contribution in [0.1, 0.15) is 37.8 Å². The maximum Gasteiger partial charge on any atom is 0.281 e. The van der Waals surface area contributed by atoms with Crippen LogP contribution in [0.15, 0.2) is 18.2 Å². The summed E-state index contributed by atoms with van der Waals surface area (Å²) in [6.07, 6.45) is 3.09. The van der Waals surface area contributed by atoms with Crippen molar-refractivity contribution >= 4 is 21.8 Å². The van der Waals surface area contributed by atoms with E-state index in [1.54, 1.807) is 0 Å². The van der Waals surface area contributed by atoms with Crippen molar-refractivity contribution in [2.24, 2.45) is 5.92 Å². The lowest BCUT2D eigenvalue weighted by atomic mass is 9.97. The molecule has 1 aromatic rings. The number of piperidine rings is 1. The zero-order valence-corrected chi connectivity index (χ0v) is 16.4. The van der Waals surface area contributed by atoms with E-state index in [4.69, 9.17) is 0 Å². The van der Waals surface area contributed by atoms with Crippen LogP contribution in [0.2, 0.25) is 0 Å². The third-order valence-electron chi connectivity index (χ3n) is 4.79. The Kier molecular flexibility index (Phi) is 6.59. The fourth-order valence-corrected chi connectivity index (χ4v) is 4.42. The molecule has 1 atom stereocenters. The van der Waals surface area contributed by atoms with Gasteiger partial charge >= 0.3 is 0 Å². The van der Waals surface area contributed by atoms with Crippen LogP contribution in [-0.4, -0.2) is 50.1 Å². The lowest BCUT2D eigenvalue weighted by Gasteiger charge is -2.33. The Morgan fingerprint density at radius 1 is 1.24 bits per heavy atom. The average molecular weight is 368 g/mol. The van der Waals surface area contributed by atoms with Crippen LogP contribution < -0.4 is 5.32 Å². The molecule has 25 heavy (non-hydrogen) atoms. The maximum atomic E-state index is 12.8. The third-order valence-corrected chi connectivity index (χ3v) is 6.70. The van der Waals surface area contributed by atoms with Gasteiger partial charge in [-0.2, -0.15) is 17.0 Å². The van der Waals surface area contributed by atoms with Crippen molar-refractivity contribution in [2.75, 3.05) is 32.5 Å². The quantitative estimate of drug-likeness (QED) is 0.838.